The monoisotopic (exact) mass is 651 g/mol. The third kappa shape index (κ3) is 5.81. The number of sulfonamides is 1. The van der Waals surface area contributed by atoms with Crippen molar-refractivity contribution in [3.05, 3.63) is 83.2 Å². The van der Waals surface area contributed by atoms with Gasteiger partial charge in [0.1, 0.15) is 16.5 Å². The molecule has 1 N–H and O–H groups in total. The molecule has 3 heterocycles. The van der Waals surface area contributed by atoms with Crippen LogP contribution >= 0.6 is 0 Å². The number of imidazole rings is 1. The SMILES string of the molecule is COC(=O)N[C@H]1CCC[C@@H]1C(Cn1ccnc1C)(c1cccc(F)c1)C1CCN(CCc2ccc3c(c2)C(=O)N(C)S3(=O)=O)CC1. The number of nitrogens with zero attached hydrogens (tertiary/aromatic N) is 4. The standard InChI is InChI=1S/C34H42FN5O5S/c1-23-36-15-19-40(23)22-34(26-6-4-7-27(35)21-26,29-8-5-9-30(29)37-33(42)45-3)25-13-17-39(18-14-25)16-12-24-10-11-31-28(20-24)32(41)38(2)46(31,43)44/h4,6-7,10-11,15,19-21,25,29-30H,5,8-9,12-14,16-18,22H2,1-3H3,(H,37,42)/t29-,30-,34?/m0/s1. The smallest absolute Gasteiger partial charge is 0.407 e. The van der Waals surface area contributed by atoms with E-state index in [2.05, 4.69) is 19.8 Å². The summed E-state index contributed by atoms with van der Waals surface area (Å²) in [4.78, 5) is 32.0. The lowest BCUT2D eigenvalue weighted by molar-refractivity contribution is 0.0612. The fourth-order valence-electron chi connectivity index (χ4n) is 8.19. The minimum Gasteiger partial charge on any atom is -0.453 e. The highest BCUT2D eigenvalue weighted by molar-refractivity contribution is 7.90. The lowest BCUT2D eigenvalue weighted by Gasteiger charge is -2.51. The minimum absolute atomic E-state index is 0.0603. The number of aromatic nitrogens is 2. The normalized spacial score (nSPS) is 22.9. The van der Waals surface area contributed by atoms with Gasteiger partial charge in [-0.1, -0.05) is 24.6 Å². The molecule has 2 amide bonds. The van der Waals surface area contributed by atoms with E-state index < -0.39 is 27.4 Å². The van der Waals surface area contributed by atoms with E-state index in [1.54, 1.807) is 36.5 Å². The lowest BCUT2D eigenvalue weighted by atomic mass is 9.58. The average molecular weight is 652 g/mol. The number of ether oxygens (including phenoxy) is 1. The number of hydrogen-bond donors (Lipinski definition) is 1. The number of nitrogens with one attached hydrogen (secondary N) is 1. The van der Waals surface area contributed by atoms with E-state index in [1.807, 2.05) is 19.2 Å². The number of hydrogen-bond acceptors (Lipinski definition) is 7. The van der Waals surface area contributed by atoms with Crippen molar-refractivity contribution >= 4 is 22.0 Å². The summed E-state index contributed by atoms with van der Waals surface area (Å²) < 4.78 is 47.9. The number of rotatable bonds is 9. The van der Waals surface area contributed by atoms with Crippen LogP contribution in [0, 0.1) is 24.6 Å². The summed E-state index contributed by atoms with van der Waals surface area (Å²) in [7, 11) is -1.09. The van der Waals surface area contributed by atoms with Crippen molar-refractivity contribution in [2.24, 2.45) is 11.8 Å². The van der Waals surface area contributed by atoms with E-state index in [1.165, 1.54) is 20.2 Å². The first kappa shape index (κ1) is 32.2. The Morgan fingerprint density at radius 2 is 1.91 bits per heavy atom. The molecule has 3 aliphatic rings. The predicted molar refractivity (Wildman–Crippen MR) is 170 cm³/mol. The van der Waals surface area contributed by atoms with E-state index in [4.69, 9.17) is 4.74 Å². The Bertz CT molecular complexity index is 1720. The molecule has 246 valence electrons. The fraction of sp³-hybridized carbons (Fsp3) is 0.500. The quantitative estimate of drug-likeness (QED) is 0.362. The number of amides is 2. The van der Waals surface area contributed by atoms with Crippen molar-refractivity contribution in [1.29, 1.82) is 0 Å². The topological polar surface area (TPSA) is 114 Å². The van der Waals surface area contributed by atoms with Gasteiger partial charge in [0, 0.05) is 44.0 Å². The largest absolute Gasteiger partial charge is 0.453 e. The van der Waals surface area contributed by atoms with Gasteiger partial charge >= 0.3 is 6.09 Å². The molecule has 1 aromatic heterocycles. The molecule has 1 aliphatic carbocycles. The van der Waals surface area contributed by atoms with Gasteiger partial charge in [0.2, 0.25) is 0 Å². The fourth-order valence-corrected chi connectivity index (χ4v) is 9.47. The number of aryl methyl sites for hydroxylation is 1. The highest BCUT2D eigenvalue weighted by Gasteiger charge is 2.52. The van der Waals surface area contributed by atoms with Crippen LogP contribution in [-0.4, -0.2) is 79.0 Å². The van der Waals surface area contributed by atoms with Gasteiger partial charge in [-0.25, -0.2) is 26.9 Å². The lowest BCUT2D eigenvalue weighted by Crippen LogP contribution is -2.55. The van der Waals surface area contributed by atoms with E-state index >= 15 is 0 Å². The first-order chi connectivity index (χ1) is 22.0. The summed E-state index contributed by atoms with van der Waals surface area (Å²) in [5.74, 6) is 0.386. The molecule has 46 heavy (non-hydrogen) atoms. The molecular formula is C34H42FN5O5S. The highest BCUT2D eigenvalue weighted by atomic mass is 32.2. The maximum absolute atomic E-state index is 15.0. The highest BCUT2D eigenvalue weighted by Crippen LogP contribution is 2.51. The van der Waals surface area contributed by atoms with E-state index in [9.17, 15) is 22.4 Å². The molecule has 0 spiro atoms. The number of methoxy groups -OCH3 is 1. The molecule has 2 aliphatic heterocycles. The molecule has 2 fully saturated rings. The molecule has 0 bridgehead atoms. The Morgan fingerprint density at radius 3 is 2.61 bits per heavy atom. The summed E-state index contributed by atoms with van der Waals surface area (Å²) >= 11 is 0. The number of carbonyl (C=O) groups is 2. The zero-order valence-electron chi connectivity index (χ0n) is 26.6. The summed E-state index contributed by atoms with van der Waals surface area (Å²) in [6.45, 7) is 5.06. The molecule has 6 rings (SSSR count). The second kappa shape index (κ2) is 12.8. The van der Waals surface area contributed by atoms with E-state index in [0.29, 0.717) is 13.0 Å². The van der Waals surface area contributed by atoms with Crippen LogP contribution in [0.4, 0.5) is 9.18 Å². The van der Waals surface area contributed by atoms with Crippen molar-refractivity contribution in [1.82, 2.24) is 24.1 Å². The Kier molecular flexibility index (Phi) is 8.95. The second-order valence-corrected chi connectivity index (χ2v) is 14.8. The molecular weight excluding hydrogens is 609 g/mol. The summed E-state index contributed by atoms with van der Waals surface area (Å²) in [5.41, 5.74) is 1.64. The van der Waals surface area contributed by atoms with Crippen molar-refractivity contribution in [3.8, 4) is 0 Å². The number of alkyl carbamates (subject to hydrolysis) is 1. The van der Waals surface area contributed by atoms with Crippen LogP contribution < -0.4 is 5.32 Å². The van der Waals surface area contributed by atoms with Gasteiger partial charge in [0.05, 0.1) is 12.7 Å². The molecule has 2 aromatic carbocycles. The zero-order chi connectivity index (χ0) is 32.6. The van der Waals surface area contributed by atoms with Gasteiger partial charge in [-0.15, -0.1) is 0 Å². The summed E-state index contributed by atoms with van der Waals surface area (Å²) in [5, 5.41) is 3.12. The zero-order valence-corrected chi connectivity index (χ0v) is 27.4. The number of likely N-dealkylation sites (tertiary alicyclic amines) is 1. The van der Waals surface area contributed by atoms with Crippen LogP contribution in [-0.2, 0) is 33.1 Å². The minimum atomic E-state index is -3.76. The number of benzene rings is 2. The average Bonchev–Trinajstić information content (AvgIpc) is 3.73. The van der Waals surface area contributed by atoms with Crippen LogP contribution in [0.25, 0.3) is 0 Å². The van der Waals surface area contributed by atoms with Crippen molar-refractivity contribution in [3.63, 3.8) is 0 Å². The third-order valence-electron chi connectivity index (χ3n) is 10.6. The Morgan fingerprint density at radius 1 is 1.13 bits per heavy atom. The van der Waals surface area contributed by atoms with E-state index in [-0.39, 0.29) is 34.2 Å². The van der Waals surface area contributed by atoms with Crippen molar-refractivity contribution in [2.75, 3.05) is 33.8 Å². The van der Waals surface area contributed by atoms with Gasteiger partial charge in [-0.2, -0.15) is 0 Å². The van der Waals surface area contributed by atoms with Crippen molar-refractivity contribution in [2.45, 2.75) is 68.3 Å². The molecule has 10 nitrogen and oxygen atoms in total. The molecule has 1 saturated carbocycles. The van der Waals surface area contributed by atoms with Crippen LogP contribution in [0.3, 0.4) is 0 Å². The molecule has 1 saturated heterocycles. The molecule has 3 atom stereocenters. The first-order valence-corrected chi connectivity index (χ1v) is 17.5. The van der Waals surface area contributed by atoms with Crippen LogP contribution in [0.15, 0.2) is 59.8 Å². The van der Waals surface area contributed by atoms with Gasteiger partial charge in [0.25, 0.3) is 15.9 Å². The summed E-state index contributed by atoms with van der Waals surface area (Å²) in [6.07, 6.45) is 8.49. The number of halogens is 1. The van der Waals surface area contributed by atoms with Gasteiger partial charge in [-0.3, -0.25) is 4.79 Å². The number of fused-ring (bicyclic) bond motifs is 1. The van der Waals surface area contributed by atoms with E-state index in [0.717, 1.165) is 73.0 Å². The van der Waals surface area contributed by atoms with Crippen LogP contribution in [0.1, 0.15) is 59.4 Å². The molecule has 12 heteroatoms. The number of carbonyl (C=O) groups excluding carboxylic acids is 2. The van der Waals surface area contributed by atoms with Gasteiger partial charge < -0.3 is 19.5 Å². The first-order valence-electron chi connectivity index (χ1n) is 16.0. The second-order valence-electron chi connectivity index (χ2n) is 12.9. The predicted octanol–water partition coefficient (Wildman–Crippen LogP) is 4.52. The van der Waals surface area contributed by atoms with Crippen molar-refractivity contribution < 1.29 is 27.1 Å². The molecule has 1 unspecified atom stereocenters. The maximum Gasteiger partial charge on any atom is 0.407 e. The van der Waals surface area contributed by atoms with Gasteiger partial charge in [0.15, 0.2) is 0 Å². The third-order valence-corrected chi connectivity index (χ3v) is 12.4. The van der Waals surface area contributed by atoms with Crippen LogP contribution in [0.2, 0.25) is 0 Å². The van der Waals surface area contributed by atoms with Crippen LogP contribution in [0.5, 0.6) is 0 Å². The molecule has 3 aromatic rings. The maximum atomic E-state index is 15.0. The Labute approximate surface area is 270 Å². The van der Waals surface area contributed by atoms with Gasteiger partial charge in [-0.05, 0) is 99.3 Å². The number of piperidine rings is 1. The Balaban J connectivity index is 1.26. The summed E-state index contributed by atoms with van der Waals surface area (Å²) in [6, 6.07) is 11.9. The molecule has 0 radical (unpaired) electrons. The Hall–Kier alpha value is -3.77.